The Balaban J connectivity index is 1.47. The Morgan fingerprint density at radius 1 is 1.07 bits per heavy atom. The number of aryl methyl sites for hydroxylation is 1. The number of carbonyl (C=O) groups excluding carboxylic acids is 2. The maximum atomic E-state index is 13.3. The van der Waals surface area contributed by atoms with Gasteiger partial charge in [-0.2, -0.15) is 0 Å². The maximum absolute atomic E-state index is 13.3. The van der Waals surface area contributed by atoms with Gasteiger partial charge in [-0.1, -0.05) is 18.2 Å². The van der Waals surface area contributed by atoms with Gasteiger partial charge in [0.1, 0.15) is 12.3 Å². The standard InChI is InChI=1S/C23H26N4O3/c1-25-13-5-9-20(25)15-26(16-21-10-6-14-30-21)22(28)17-27(19-11-12-19)23(29)24-18-7-3-2-4-8-18/h2-10,13-14,19H,11-12,15-17H2,1H3,(H,24,29). The van der Waals surface area contributed by atoms with Crippen molar-refractivity contribution < 1.29 is 14.0 Å². The van der Waals surface area contributed by atoms with Crippen LogP contribution in [-0.2, 0) is 24.9 Å². The van der Waals surface area contributed by atoms with E-state index >= 15 is 0 Å². The van der Waals surface area contributed by atoms with Crippen molar-refractivity contribution in [2.24, 2.45) is 7.05 Å². The molecule has 1 fully saturated rings. The number of furan rings is 1. The van der Waals surface area contributed by atoms with E-state index in [2.05, 4.69) is 5.32 Å². The van der Waals surface area contributed by atoms with E-state index < -0.39 is 0 Å². The Kier molecular flexibility index (Phi) is 5.88. The van der Waals surface area contributed by atoms with E-state index in [-0.39, 0.29) is 24.5 Å². The molecule has 3 aromatic rings. The topological polar surface area (TPSA) is 70.7 Å². The summed E-state index contributed by atoms with van der Waals surface area (Å²) in [5.74, 6) is 0.604. The molecule has 0 saturated heterocycles. The highest BCUT2D eigenvalue weighted by Crippen LogP contribution is 2.28. The predicted molar refractivity (Wildman–Crippen MR) is 114 cm³/mol. The second-order valence-corrected chi connectivity index (χ2v) is 7.59. The fourth-order valence-electron chi connectivity index (χ4n) is 3.39. The van der Waals surface area contributed by atoms with Crippen LogP contribution in [0.5, 0.6) is 0 Å². The molecule has 0 bridgehead atoms. The van der Waals surface area contributed by atoms with Gasteiger partial charge in [0.25, 0.3) is 0 Å². The van der Waals surface area contributed by atoms with Gasteiger partial charge < -0.3 is 24.1 Å². The summed E-state index contributed by atoms with van der Waals surface area (Å²) in [6, 6.07) is 16.8. The van der Waals surface area contributed by atoms with Crippen molar-refractivity contribution in [3.05, 3.63) is 78.5 Å². The first kappa shape index (κ1) is 19.8. The van der Waals surface area contributed by atoms with Crippen LogP contribution in [0.1, 0.15) is 24.3 Å². The number of aromatic nitrogens is 1. The van der Waals surface area contributed by atoms with Crippen molar-refractivity contribution in [3.8, 4) is 0 Å². The number of nitrogens with one attached hydrogen (secondary N) is 1. The van der Waals surface area contributed by atoms with Crippen LogP contribution in [0.2, 0.25) is 0 Å². The van der Waals surface area contributed by atoms with Crippen molar-refractivity contribution in [1.29, 1.82) is 0 Å². The molecule has 156 valence electrons. The Morgan fingerprint density at radius 2 is 1.87 bits per heavy atom. The van der Waals surface area contributed by atoms with E-state index in [9.17, 15) is 9.59 Å². The number of carbonyl (C=O) groups is 2. The van der Waals surface area contributed by atoms with E-state index in [0.29, 0.717) is 18.8 Å². The molecule has 1 saturated carbocycles. The van der Waals surface area contributed by atoms with Crippen LogP contribution in [0.3, 0.4) is 0 Å². The summed E-state index contributed by atoms with van der Waals surface area (Å²) in [5, 5.41) is 2.90. The molecule has 3 amide bonds. The zero-order chi connectivity index (χ0) is 20.9. The minimum atomic E-state index is -0.242. The molecule has 1 aromatic carbocycles. The third-order valence-corrected chi connectivity index (χ3v) is 5.26. The van der Waals surface area contributed by atoms with Gasteiger partial charge in [0.15, 0.2) is 0 Å². The molecular formula is C23H26N4O3. The second kappa shape index (κ2) is 8.90. The summed E-state index contributed by atoms with van der Waals surface area (Å²) in [4.78, 5) is 29.5. The molecule has 1 aliphatic rings. The van der Waals surface area contributed by atoms with Crippen LogP contribution in [-0.4, -0.2) is 38.9 Å². The summed E-state index contributed by atoms with van der Waals surface area (Å²) in [6.07, 6.45) is 5.40. The predicted octanol–water partition coefficient (Wildman–Crippen LogP) is 3.84. The third kappa shape index (κ3) is 4.92. The molecule has 0 unspecified atom stereocenters. The quantitative estimate of drug-likeness (QED) is 0.618. The van der Waals surface area contributed by atoms with E-state index in [1.165, 1.54) is 0 Å². The minimum Gasteiger partial charge on any atom is -0.467 e. The van der Waals surface area contributed by atoms with Gasteiger partial charge in [-0.3, -0.25) is 4.79 Å². The minimum absolute atomic E-state index is 0.0362. The Morgan fingerprint density at radius 3 is 2.50 bits per heavy atom. The van der Waals surface area contributed by atoms with Crippen molar-refractivity contribution >= 4 is 17.6 Å². The summed E-state index contributed by atoms with van der Waals surface area (Å²) in [5.41, 5.74) is 1.73. The lowest BCUT2D eigenvalue weighted by Gasteiger charge is -2.27. The van der Waals surface area contributed by atoms with E-state index in [1.54, 1.807) is 16.1 Å². The van der Waals surface area contributed by atoms with Crippen molar-refractivity contribution in [3.63, 3.8) is 0 Å². The molecule has 4 rings (SSSR count). The highest BCUT2D eigenvalue weighted by atomic mass is 16.3. The maximum Gasteiger partial charge on any atom is 0.322 e. The number of benzene rings is 1. The van der Waals surface area contributed by atoms with Crippen LogP contribution < -0.4 is 5.32 Å². The van der Waals surface area contributed by atoms with E-state index in [0.717, 1.165) is 24.2 Å². The van der Waals surface area contributed by atoms with E-state index in [1.807, 2.05) is 72.4 Å². The molecule has 1 aliphatic carbocycles. The average Bonchev–Trinajstić information content (AvgIpc) is 3.30. The lowest BCUT2D eigenvalue weighted by atomic mass is 10.3. The van der Waals surface area contributed by atoms with Gasteiger partial charge in [0, 0.05) is 30.7 Å². The summed E-state index contributed by atoms with van der Waals surface area (Å²) >= 11 is 0. The zero-order valence-electron chi connectivity index (χ0n) is 17.0. The highest BCUT2D eigenvalue weighted by molar-refractivity contribution is 5.92. The number of para-hydroxylation sites is 1. The number of rotatable bonds is 8. The van der Waals surface area contributed by atoms with Gasteiger partial charge in [-0.25, -0.2) is 4.79 Å². The number of amides is 3. The van der Waals surface area contributed by atoms with E-state index in [4.69, 9.17) is 4.42 Å². The molecule has 0 atom stereocenters. The number of anilines is 1. The van der Waals surface area contributed by atoms with Crippen LogP contribution in [0, 0.1) is 0 Å². The lowest BCUT2D eigenvalue weighted by molar-refractivity contribution is -0.133. The molecule has 2 heterocycles. The Bertz CT molecular complexity index is 977. The molecule has 7 nitrogen and oxygen atoms in total. The largest absolute Gasteiger partial charge is 0.467 e. The lowest BCUT2D eigenvalue weighted by Crippen LogP contribution is -2.45. The third-order valence-electron chi connectivity index (χ3n) is 5.26. The number of hydrogen-bond donors (Lipinski definition) is 1. The molecule has 2 aromatic heterocycles. The fourth-order valence-corrected chi connectivity index (χ4v) is 3.39. The monoisotopic (exact) mass is 406 g/mol. The van der Waals surface area contributed by atoms with Gasteiger partial charge in [-0.15, -0.1) is 0 Å². The van der Waals surface area contributed by atoms with Crippen LogP contribution in [0.25, 0.3) is 0 Å². The highest BCUT2D eigenvalue weighted by Gasteiger charge is 2.35. The number of urea groups is 1. The van der Waals surface area contributed by atoms with Gasteiger partial charge in [0.05, 0.1) is 19.4 Å². The second-order valence-electron chi connectivity index (χ2n) is 7.59. The van der Waals surface area contributed by atoms with Crippen molar-refractivity contribution in [2.45, 2.75) is 32.0 Å². The van der Waals surface area contributed by atoms with Crippen LogP contribution >= 0.6 is 0 Å². The number of hydrogen-bond acceptors (Lipinski definition) is 3. The molecule has 0 radical (unpaired) electrons. The SMILES string of the molecule is Cn1cccc1CN(Cc1ccco1)C(=O)CN(C(=O)Nc1ccccc1)C1CC1. The van der Waals surface area contributed by atoms with Gasteiger partial charge in [0.2, 0.25) is 5.91 Å². The average molecular weight is 406 g/mol. The first-order valence-corrected chi connectivity index (χ1v) is 10.1. The van der Waals surface area contributed by atoms with Gasteiger partial charge >= 0.3 is 6.03 Å². The number of nitrogens with zero attached hydrogens (tertiary/aromatic N) is 3. The summed E-state index contributed by atoms with van der Waals surface area (Å²) in [6.45, 7) is 0.839. The molecule has 0 aliphatic heterocycles. The Hall–Kier alpha value is -3.48. The van der Waals surface area contributed by atoms with Crippen LogP contribution in [0.4, 0.5) is 10.5 Å². The zero-order valence-corrected chi connectivity index (χ0v) is 17.0. The Labute approximate surface area is 175 Å². The summed E-state index contributed by atoms with van der Waals surface area (Å²) < 4.78 is 7.45. The normalized spacial score (nSPS) is 13.1. The molecule has 1 N–H and O–H groups in total. The van der Waals surface area contributed by atoms with Crippen molar-refractivity contribution in [2.75, 3.05) is 11.9 Å². The van der Waals surface area contributed by atoms with Gasteiger partial charge in [-0.05, 0) is 49.2 Å². The fraction of sp³-hybridized carbons (Fsp3) is 0.304. The molecule has 0 spiro atoms. The van der Waals surface area contributed by atoms with Crippen molar-refractivity contribution in [1.82, 2.24) is 14.4 Å². The summed E-state index contributed by atoms with van der Waals surface area (Å²) in [7, 11) is 1.95. The molecular weight excluding hydrogens is 380 g/mol. The first-order chi connectivity index (χ1) is 14.6. The first-order valence-electron chi connectivity index (χ1n) is 10.1. The molecule has 7 heteroatoms. The smallest absolute Gasteiger partial charge is 0.322 e. The van der Waals surface area contributed by atoms with Crippen LogP contribution in [0.15, 0.2) is 71.5 Å². The molecule has 30 heavy (non-hydrogen) atoms.